The van der Waals surface area contributed by atoms with Crippen molar-refractivity contribution in [1.29, 1.82) is 0 Å². The predicted octanol–water partition coefficient (Wildman–Crippen LogP) is 2.56. The van der Waals surface area contributed by atoms with E-state index < -0.39 is 0 Å². The van der Waals surface area contributed by atoms with E-state index in [-0.39, 0.29) is 12.1 Å². The van der Waals surface area contributed by atoms with Gasteiger partial charge in [0.1, 0.15) is 0 Å². The average molecular weight is 201 g/mol. The summed E-state index contributed by atoms with van der Waals surface area (Å²) in [6.45, 7) is 10.2. The second-order valence-electron chi connectivity index (χ2n) is 4.89. The van der Waals surface area contributed by atoms with Crippen LogP contribution in [0.4, 0.5) is 0 Å². The number of hydrogen-bond donors (Lipinski definition) is 2. The summed E-state index contributed by atoms with van der Waals surface area (Å²) in [6.07, 6.45) is 4.40. The molecule has 0 amide bonds. The van der Waals surface area contributed by atoms with Gasteiger partial charge in [-0.2, -0.15) is 0 Å². The van der Waals surface area contributed by atoms with Crippen LogP contribution in [-0.2, 0) is 0 Å². The highest BCUT2D eigenvalue weighted by Gasteiger charge is 2.22. The van der Waals surface area contributed by atoms with Crippen LogP contribution in [0.5, 0.6) is 0 Å². The normalized spacial score (nSPS) is 15.9. The summed E-state index contributed by atoms with van der Waals surface area (Å²) >= 11 is 0. The fraction of sp³-hybridized carbons (Fsp3) is 1.00. The lowest BCUT2D eigenvalue weighted by Crippen LogP contribution is -2.43. The highest BCUT2D eigenvalue weighted by molar-refractivity contribution is 4.82. The van der Waals surface area contributed by atoms with Gasteiger partial charge >= 0.3 is 0 Å². The third-order valence-electron chi connectivity index (χ3n) is 2.74. The SMILES string of the molecule is CCCNC(C)(CCO)CCC(C)C. The zero-order valence-electron chi connectivity index (χ0n) is 10.3. The molecule has 0 aliphatic rings. The quantitative estimate of drug-likeness (QED) is 0.632. The summed E-state index contributed by atoms with van der Waals surface area (Å²) in [5.41, 5.74) is 0.134. The zero-order chi connectivity index (χ0) is 11.0. The molecule has 0 fully saturated rings. The smallest absolute Gasteiger partial charge is 0.0448 e. The van der Waals surface area contributed by atoms with Gasteiger partial charge in [0.05, 0.1) is 0 Å². The molecule has 0 rings (SSSR count). The summed E-state index contributed by atoms with van der Waals surface area (Å²) in [4.78, 5) is 0. The van der Waals surface area contributed by atoms with E-state index in [0.717, 1.165) is 31.7 Å². The van der Waals surface area contributed by atoms with Crippen molar-refractivity contribution in [3.63, 3.8) is 0 Å². The molecule has 0 aromatic carbocycles. The fourth-order valence-electron chi connectivity index (χ4n) is 1.58. The van der Waals surface area contributed by atoms with Crippen LogP contribution < -0.4 is 5.32 Å². The molecule has 0 aromatic rings. The number of rotatable bonds is 8. The van der Waals surface area contributed by atoms with Gasteiger partial charge in [0, 0.05) is 12.1 Å². The minimum absolute atomic E-state index is 0.134. The second kappa shape index (κ2) is 7.24. The Morgan fingerprint density at radius 3 is 2.36 bits per heavy atom. The lowest BCUT2D eigenvalue weighted by atomic mass is 9.89. The van der Waals surface area contributed by atoms with Crippen molar-refractivity contribution in [2.24, 2.45) is 5.92 Å². The molecule has 14 heavy (non-hydrogen) atoms. The maximum Gasteiger partial charge on any atom is 0.0448 e. The molecule has 0 spiro atoms. The molecule has 0 aromatic heterocycles. The molecule has 2 heteroatoms. The van der Waals surface area contributed by atoms with Crippen LogP contribution in [0.15, 0.2) is 0 Å². The standard InChI is InChI=1S/C12H27NO/c1-5-9-13-12(4,8-10-14)7-6-11(2)3/h11,13-14H,5-10H2,1-4H3. The van der Waals surface area contributed by atoms with Gasteiger partial charge < -0.3 is 10.4 Å². The molecule has 0 saturated carbocycles. The summed E-state index contributed by atoms with van der Waals surface area (Å²) in [5.74, 6) is 0.747. The highest BCUT2D eigenvalue weighted by Crippen LogP contribution is 2.19. The first-order valence-electron chi connectivity index (χ1n) is 5.90. The van der Waals surface area contributed by atoms with E-state index in [4.69, 9.17) is 5.11 Å². The van der Waals surface area contributed by atoms with Crippen molar-refractivity contribution in [2.45, 2.75) is 58.9 Å². The Kier molecular flexibility index (Phi) is 7.20. The maximum atomic E-state index is 9.03. The maximum absolute atomic E-state index is 9.03. The van der Waals surface area contributed by atoms with Crippen LogP contribution >= 0.6 is 0 Å². The molecular weight excluding hydrogens is 174 g/mol. The van der Waals surface area contributed by atoms with Crippen molar-refractivity contribution in [3.8, 4) is 0 Å². The van der Waals surface area contributed by atoms with Gasteiger partial charge in [-0.15, -0.1) is 0 Å². The van der Waals surface area contributed by atoms with E-state index in [0.29, 0.717) is 0 Å². The molecule has 0 saturated heterocycles. The minimum Gasteiger partial charge on any atom is -0.396 e. The van der Waals surface area contributed by atoms with Gasteiger partial charge in [-0.3, -0.25) is 0 Å². The monoisotopic (exact) mass is 201 g/mol. The number of hydrogen-bond acceptors (Lipinski definition) is 2. The van der Waals surface area contributed by atoms with Crippen molar-refractivity contribution >= 4 is 0 Å². The lowest BCUT2D eigenvalue weighted by Gasteiger charge is -2.31. The molecule has 1 unspecified atom stereocenters. The zero-order valence-corrected chi connectivity index (χ0v) is 10.3. The molecule has 2 N–H and O–H groups in total. The second-order valence-corrected chi connectivity index (χ2v) is 4.89. The van der Waals surface area contributed by atoms with Gasteiger partial charge in [-0.05, 0) is 45.1 Å². The molecular formula is C12H27NO. The Hall–Kier alpha value is -0.0800. The van der Waals surface area contributed by atoms with Crippen molar-refractivity contribution in [2.75, 3.05) is 13.2 Å². The van der Waals surface area contributed by atoms with Gasteiger partial charge in [-0.25, -0.2) is 0 Å². The molecule has 0 bridgehead atoms. The molecule has 2 nitrogen and oxygen atoms in total. The topological polar surface area (TPSA) is 32.3 Å². The Labute approximate surface area is 89.1 Å². The third-order valence-corrected chi connectivity index (χ3v) is 2.74. The van der Waals surface area contributed by atoms with E-state index >= 15 is 0 Å². The molecule has 0 heterocycles. The largest absolute Gasteiger partial charge is 0.396 e. The van der Waals surface area contributed by atoms with Gasteiger partial charge in [0.15, 0.2) is 0 Å². The van der Waals surface area contributed by atoms with Crippen LogP contribution in [0.3, 0.4) is 0 Å². The first-order chi connectivity index (χ1) is 6.54. The summed E-state index contributed by atoms with van der Waals surface area (Å²) < 4.78 is 0. The Morgan fingerprint density at radius 2 is 1.93 bits per heavy atom. The molecule has 0 aliphatic carbocycles. The minimum atomic E-state index is 0.134. The first kappa shape index (κ1) is 13.9. The Morgan fingerprint density at radius 1 is 1.29 bits per heavy atom. The van der Waals surface area contributed by atoms with E-state index in [1.54, 1.807) is 0 Å². The fourth-order valence-corrected chi connectivity index (χ4v) is 1.58. The van der Waals surface area contributed by atoms with Crippen LogP contribution in [0.1, 0.15) is 53.4 Å². The summed E-state index contributed by atoms with van der Waals surface area (Å²) in [6, 6.07) is 0. The highest BCUT2D eigenvalue weighted by atomic mass is 16.3. The summed E-state index contributed by atoms with van der Waals surface area (Å²) in [7, 11) is 0. The van der Waals surface area contributed by atoms with Crippen LogP contribution in [-0.4, -0.2) is 23.8 Å². The number of aliphatic hydroxyl groups is 1. The van der Waals surface area contributed by atoms with Crippen molar-refractivity contribution in [1.82, 2.24) is 5.32 Å². The van der Waals surface area contributed by atoms with E-state index in [1.165, 1.54) is 6.42 Å². The third kappa shape index (κ3) is 6.39. The van der Waals surface area contributed by atoms with Gasteiger partial charge in [-0.1, -0.05) is 20.8 Å². The van der Waals surface area contributed by atoms with E-state index in [9.17, 15) is 0 Å². The Bertz CT molecular complexity index is 136. The van der Waals surface area contributed by atoms with Crippen LogP contribution in [0.25, 0.3) is 0 Å². The number of nitrogens with one attached hydrogen (secondary N) is 1. The van der Waals surface area contributed by atoms with Gasteiger partial charge in [0.25, 0.3) is 0 Å². The van der Waals surface area contributed by atoms with Crippen molar-refractivity contribution < 1.29 is 5.11 Å². The number of aliphatic hydroxyl groups excluding tert-OH is 1. The lowest BCUT2D eigenvalue weighted by molar-refractivity contribution is 0.205. The van der Waals surface area contributed by atoms with Crippen LogP contribution in [0.2, 0.25) is 0 Å². The van der Waals surface area contributed by atoms with Crippen molar-refractivity contribution in [3.05, 3.63) is 0 Å². The van der Waals surface area contributed by atoms with Gasteiger partial charge in [0.2, 0.25) is 0 Å². The summed E-state index contributed by atoms with van der Waals surface area (Å²) in [5, 5.41) is 12.6. The molecule has 1 atom stereocenters. The van der Waals surface area contributed by atoms with E-state index in [1.807, 2.05) is 0 Å². The average Bonchev–Trinajstić information content (AvgIpc) is 2.13. The predicted molar refractivity (Wildman–Crippen MR) is 62.5 cm³/mol. The van der Waals surface area contributed by atoms with Crippen LogP contribution in [0, 0.1) is 5.92 Å². The molecule has 0 aliphatic heterocycles. The molecule has 0 radical (unpaired) electrons. The molecule has 86 valence electrons. The van der Waals surface area contributed by atoms with E-state index in [2.05, 4.69) is 33.0 Å². The first-order valence-corrected chi connectivity index (χ1v) is 5.90. The Balaban J connectivity index is 3.95.